The van der Waals surface area contributed by atoms with Gasteiger partial charge in [0.2, 0.25) is 0 Å². The predicted molar refractivity (Wildman–Crippen MR) is 239 cm³/mol. The highest BCUT2D eigenvalue weighted by molar-refractivity contribution is 5.69. The van der Waals surface area contributed by atoms with Crippen LogP contribution in [0.2, 0.25) is 0 Å². The molecule has 2 unspecified atom stereocenters. The van der Waals surface area contributed by atoms with Crippen molar-refractivity contribution in [3.05, 3.63) is 0 Å². The van der Waals surface area contributed by atoms with Crippen molar-refractivity contribution in [1.29, 1.82) is 0 Å². The van der Waals surface area contributed by atoms with Crippen molar-refractivity contribution < 1.29 is 29.0 Å². The number of ether oxygens (including phenoxy) is 2. The fourth-order valence-corrected chi connectivity index (χ4v) is 8.15. The van der Waals surface area contributed by atoms with Crippen molar-refractivity contribution in [3.63, 3.8) is 0 Å². The van der Waals surface area contributed by atoms with Crippen LogP contribution in [-0.2, 0) is 23.9 Å². The number of likely N-dealkylation sites (tertiary alicyclic amines) is 1. The molecule has 7 heteroatoms. The van der Waals surface area contributed by atoms with Crippen LogP contribution >= 0.6 is 0 Å². The maximum Gasteiger partial charge on any atom is 0.305 e. The van der Waals surface area contributed by atoms with Crippen molar-refractivity contribution in [2.24, 2.45) is 29.6 Å². The van der Waals surface area contributed by atoms with Crippen LogP contribution in [0.3, 0.4) is 0 Å². The number of aliphatic hydroxyl groups excluding tert-OH is 1. The van der Waals surface area contributed by atoms with Crippen LogP contribution in [0.25, 0.3) is 0 Å². The highest BCUT2D eigenvalue weighted by Gasteiger charge is 2.17. The number of unbranched alkanes of at least 4 members (excludes halogenated alkanes) is 12. The molecular weight excluding hydrogens is 699 g/mol. The summed E-state index contributed by atoms with van der Waals surface area (Å²) in [5.41, 5.74) is 0. The number of carbonyl (C=O) groups excluding carboxylic acids is 3. The Morgan fingerprint density at radius 2 is 0.982 bits per heavy atom. The van der Waals surface area contributed by atoms with Gasteiger partial charge in [-0.25, -0.2) is 0 Å². The van der Waals surface area contributed by atoms with E-state index in [0.29, 0.717) is 43.8 Å². The van der Waals surface area contributed by atoms with E-state index in [1.165, 1.54) is 154 Å². The summed E-state index contributed by atoms with van der Waals surface area (Å²) in [5, 5.41) is 7.00. The first-order valence-corrected chi connectivity index (χ1v) is 24.0. The van der Waals surface area contributed by atoms with E-state index in [1.807, 2.05) is 6.79 Å². The fraction of sp³-hybridized carbons (Fsp3) is 0.939. The maximum atomic E-state index is 12.4. The van der Waals surface area contributed by atoms with E-state index in [2.05, 4.69) is 46.4 Å². The Balaban J connectivity index is 0. The number of rotatable bonds is 37. The van der Waals surface area contributed by atoms with Crippen LogP contribution in [0.5, 0.6) is 0 Å². The van der Waals surface area contributed by atoms with Crippen LogP contribution in [0.15, 0.2) is 0 Å². The lowest BCUT2D eigenvalue weighted by Crippen LogP contribution is -2.21. The molecule has 1 rings (SSSR count). The zero-order chi connectivity index (χ0) is 42.1. The first kappa shape index (κ1) is 56.6. The van der Waals surface area contributed by atoms with E-state index in [0.717, 1.165) is 57.5 Å². The van der Waals surface area contributed by atoms with Gasteiger partial charge in [-0.15, -0.1) is 0 Å². The van der Waals surface area contributed by atoms with Crippen molar-refractivity contribution in [3.8, 4) is 0 Å². The molecule has 1 aliphatic heterocycles. The molecule has 334 valence electrons. The Morgan fingerprint density at radius 3 is 1.46 bits per heavy atom. The van der Waals surface area contributed by atoms with Crippen molar-refractivity contribution >= 4 is 18.7 Å². The van der Waals surface area contributed by atoms with Crippen LogP contribution in [0.1, 0.15) is 228 Å². The van der Waals surface area contributed by atoms with Crippen LogP contribution < -0.4 is 0 Å². The molecule has 0 spiro atoms. The number of hydrogen-bond donors (Lipinski definition) is 1. The number of hydrogen-bond acceptors (Lipinski definition) is 7. The topological polar surface area (TPSA) is 93.1 Å². The van der Waals surface area contributed by atoms with E-state index in [1.54, 1.807) is 0 Å². The summed E-state index contributed by atoms with van der Waals surface area (Å²) in [6.07, 6.45) is 35.2. The molecule has 7 nitrogen and oxygen atoms in total. The monoisotopic (exact) mass is 796 g/mol. The standard InChI is InChI=1S/C47H91NO4.CH4O.CH2O/c1-7-9-17-26-44(27-18-10-8-2)35-39-51-46(49)31-21-15-11-13-19-28-43(30-25-38-48-36-23-24-37-48)29-20-14-12-16-22-32-47(50)52-40-45(42(5)6)34-33-41(3)4;2*1-2/h41-45H,7-40H2,1-6H3;2H,1H3;1H2. The van der Waals surface area contributed by atoms with E-state index in [9.17, 15) is 9.59 Å². The molecule has 0 aromatic rings. The minimum Gasteiger partial charge on any atom is -0.466 e. The van der Waals surface area contributed by atoms with Gasteiger partial charge in [-0.2, -0.15) is 0 Å². The molecule has 0 aromatic heterocycles. The van der Waals surface area contributed by atoms with Crippen LogP contribution in [0, 0.1) is 29.6 Å². The third-order valence-corrected chi connectivity index (χ3v) is 12.0. The molecule has 1 heterocycles. The first-order chi connectivity index (χ1) is 27.2. The molecule has 0 aliphatic carbocycles. The lowest BCUT2D eigenvalue weighted by Gasteiger charge is -2.21. The van der Waals surface area contributed by atoms with Gasteiger partial charge in [-0.1, -0.05) is 164 Å². The molecule has 1 aliphatic rings. The molecular formula is C49H97NO6. The van der Waals surface area contributed by atoms with Gasteiger partial charge >= 0.3 is 11.9 Å². The molecule has 0 aromatic carbocycles. The van der Waals surface area contributed by atoms with E-state index < -0.39 is 0 Å². The van der Waals surface area contributed by atoms with Gasteiger partial charge in [0.05, 0.1) is 13.2 Å². The number of nitrogens with zero attached hydrogens (tertiary/aromatic N) is 1. The SMILES string of the molecule is C=O.CCCCCC(CCCCC)CCOC(=O)CCCCCCCC(CCCCCCCC(=O)OCC(CCC(C)C)C(C)C)CCCN1CCCC1.CO. The van der Waals surface area contributed by atoms with Crippen molar-refractivity contribution in [1.82, 2.24) is 4.90 Å². The second-order valence-electron chi connectivity index (χ2n) is 17.7. The number of esters is 2. The summed E-state index contributed by atoms with van der Waals surface area (Å²) in [6.45, 7) is 20.7. The molecule has 1 N–H and O–H groups in total. The minimum absolute atomic E-state index is 0.00267. The van der Waals surface area contributed by atoms with Gasteiger partial charge in [0.15, 0.2) is 0 Å². The summed E-state index contributed by atoms with van der Waals surface area (Å²) >= 11 is 0. The summed E-state index contributed by atoms with van der Waals surface area (Å²) in [7, 11) is 1.00. The lowest BCUT2D eigenvalue weighted by atomic mass is 9.89. The van der Waals surface area contributed by atoms with Gasteiger partial charge in [-0.3, -0.25) is 9.59 Å². The minimum atomic E-state index is 0.00267. The average Bonchev–Trinajstić information content (AvgIpc) is 3.71. The summed E-state index contributed by atoms with van der Waals surface area (Å²) in [6, 6.07) is 0. The Morgan fingerprint density at radius 1 is 0.554 bits per heavy atom. The predicted octanol–water partition coefficient (Wildman–Crippen LogP) is 13.3. The van der Waals surface area contributed by atoms with E-state index in [-0.39, 0.29) is 11.9 Å². The maximum absolute atomic E-state index is 12.4. The molecule has 0 bridgehead atoms. The third-order valence-electron chi connectivity index (χ3n) is 12.0. The van der Waals surface area contributed by atoms with Gasteiger partial charge in [0.25, 0.3) is 0 Å². The average molecular weight is 796 g/mol. The highest BCUT2D eigenvalue weighted by atomic mass is 16.5. The molecule has 2 atom stereocenters. The van der Waals surface area contributed by atoms with Crippen molar-refractivity contribution in [2.45, 2.75) is 228 Å². The Kier molecular flexibility index (Phi) is 43.6. The highest BCUT2D eigenvalue weighted by Crippen LogP contribution is 2.25. The van der Waals surface area contributed by atoms with Crippen molar-refractivity contribution in [2.75, 3.05) is 40.0 Å². The second-order valence-corrected chi connectivity index (χ2v) is 17.7. The molecule has 56 heavy (non-hydrogen) atoms. The van der Waals surface area contributed by atoms with E-state index in [4.69, 9.17) is 19.4 Å². The number of aliphatic hydroxyl groups is 1. The Labute approximate surface area is 349 Å². The first-order valence-electron chi connectivity index (χ1n) is 24.0. The summed E-state index contributed by atoms with van der Waals surface area (Å²) in [4.78, 5) is 35.4. The molecule has 1 fully saturated rings. The quantitative estimate of drug-likeness (QED) is 0.0494. The zero-order valence-corrected chi connectivity index (χ0v) is 38.6. The van der Waals surface area contributed by atoms with Gasteiger partial charge in [-0.05, 0) is 101 Å². The van der Waals surface area contributed by atoms with Crippen LogP contribution in [-0.4, -0.2) is 68.7 Å². The molecule has 0 radical (unpaired) electrons. The smallest absolute Gasteiger partial charge is 0.305 e. The third kappa shape index (κ3) is 36.8. The normalized spacial score (nSPS) is 14.0. The van der Waals surface area contributed by atoms with Crippen LogP contribution in [0.4, 0.5) is 0 Å². The largest absolute Gasteiger partial charge is 0.466 e. The zero-order valence-electron chi connectivity index (χ0n) is 38.6. The lowest BCUT2D eigenvalue weighted by molar-refractivity contribution is -0.146. The summed E-state index contributed by atoms with van der Waals surface area (Å²) in [5.74, 6) is 3.35. The molecule has 1 saturated heterocycles. The Hall–Kier alpha value is -1.47. The molecule has 0 saturated carbocycles. The van der Waals surface area contributed by atoms with Gasteiger partial charge in [0.1, 0.15) is 6.79 Å². The summed E-state index contributed by atoms with van der Waals surface area (Å²) < 4.78 is 11.4. The Bertz CT molecular complexity index is 819. The fourth-order valence-electron chi connectivity index (χ4n) is 8.15. The number of carbonyl (C=O) groups is 3. The second kappa shape index (κ2) is 43.1. The molecule has 0 amide bonds. The van der Waals surface area contributed by atoms with E-state index >= 15 is 0 Å². The van der Waals surface area contributed by atoms with Gasteiger partial charge in [0, 0.05) is 20.0 Å². The van der Waals surface area contributed by atoms with Gasteiger partial charge < -0.3 is 24.3 Å².